The summed E-state index contributed by atoms with van der Waals surface area (Å²) in [7, 11) is 1.31. The number of amides is 1. The number of anilines is 1. The van der Waals surface area contributed by atoms with Crippen LogP contribution in [0.1, 0.15) is 21.5 Å². The molecule has 1 amide bonds. The third kappa shape index (κ3) is 4.26. The van der Waals surface area contributed by atoms with Gasteiger partial charge in [-0.1, -0.05) is 17.7 Å². The van der Waals surface area contributed by atoms with Crippen molar-refractivity contribution >= 4 is 29.2 Å². The summed E-state index contributed by atoms with van der Waals surface area (Å²) in [5, 5.41) is 3.34. The van der Waals surface area contributed by atoms with Gasteiger partial charge >= 0.3 is 5.97 Å². The van der Waals surface area contributed by atoms with Crippen LogP contribution in [0.3, 0.4) is 0 Å². The van der Waals surface area contributed by atoms with Gasteiger partial charge in [0.05, 0.1) is 12.7 Å². The Morgan fingerprint density at radius 3 is 2.58 bits per heavy atom. The van der Waals surface area contributed by atoms with E-state index >= 15 is 0 Å². The number of carbonyl (C=O) groups excluding carboxylic acids is 2. The second-order valence-corrected chi connectivity index (χ2v) is 5.65. The monoisotopic (exact) mass is 347 g/mol. The molecule has 0 saturated heterocycles. The molecule has 0 atom stereocenters. The van der Waals surface area contributed by atoms with Crippen LogP contribution >= 0.6 is 11.6 Å². The van der Waals surface area contributed by atoms with Crippen LogP contribution in [0.4, 0.5) is 5.69 Å². The summed E-state index contributed by atoms with van der Waals surface area (Å²) >= 11 is 5.88. The predicted octanol–water partition coefficient (Wildman–Crippen LogP) is 3.76. The molecule has 0 aromatic heterocycles. The quantitative estimate of drug-likeness (QED) is 0.836. The fourth-order valence-corrected chi connectivity index (χ4v) is 2.43. The van der Waals surface area contributed by atoms with Crippen LogP contribution < -0.4 is 10.1 Å². The second kappa shape index (κ2) is 7.84. The molecule has 0 bridgehead atoms. The lowest BCUT2D eigenvalue weighted by Gasteiger charge is -2.13. The highest BCUT2D eigenvalue weighted by Crippen LogP contribution is 2.22. The zero-order valence-electron chi connectivity index (χ0n) is 13.7. The van der Waals surface area contributed by atoms with Gasteiger partial charge in [0.15, 0.2) is 6.61 Å². The molecule has 0 heterocycles. The summed E-state index contributed by atoms with van der Waals surface area (Å²) in [4.78, 5) is 23.8. The van der Waals surface area contributed by atoms with Crippen molar-refractivity contribution in [2.75, 3.05) is 19.0 Å². The lowest BCUT2D eigenvalue weighted by Crippen LogP contribution is -2.21. The number of carbonyl (C=O) groups is 2. The van der Waals surface area contributed by atoms with Crippen LogP contribution in [-0.2, 0) is 9.53 Å². The fraction of sp³-hybridized carbons (Fsp3) is 0.222. The highest BCUT2D eigenvalue weighted by molar-refractivity contribution is 6.30. The molecule has 1 N–H and O–H groups in total. The van der Waals surface area contributed by atoms with E-state index in [1.807, 2.05) is 6.92 Å². The molecule has 0 unspecified atom stereocenters. The second-order valence-electron chi connectivity index (χ2n) is 5.22. The minimum absolute atomic E-state index is 0.148. The molecular weight excluding hydrogens is 330 g/mol. The van der Waals surface area contributed by atoms with Crippen molar-refractivity contribution in [1.82, 2.24) is 0 Å². The van der Waals surface area contributed by atoms with Gasteiger partial charge in [-0.25, -0.2) is 4.79 Å². The molecule has 126 valence electrons. The van der Waals surface area contributed by atoms with E-state index in [2.05, 4.69) is 5.32 Å². The zero-order valence-corrected chi connectivity index (χ0v) is 14.4. The number of nitrogens with one attached hydrogen (secondary N) is 1. The first-order valence-corrected chi connectivity index (χ1v) is 7.67. The third-order valence-electron chi connectivity index (χ3n) is 3.51. The standard InChI is InChI=1S/C18H18ClNO4/c1-11-9-13(19)7-8-16(11)24-10-17(21)20-15-6-4-5-14(12(15)2)18(22)23-3/h4-9H,10H2,1-3H3,(H,20,21). The van der Waals surface area contributed by atoms with Crippen molar-refractivity contribution < 1.29 is 19.1 Å². The molecule has 5 nitrogen and oxygen atoms in total. The molecule has 0 aliphatic heterocycles. The van der Waals surface area contributed by atoms with E-state index < -0.39 is 5.97 Å². The lowest BCUT2D eigenvalue weighted by atomic mass is 10.1. The third-order valence-corrected chi connectivity index (χ3v) is 3.74. The van der Waals surface area contributed by atoms with Gasteiger partial charge in [-0.2, -0.15) is 0 Å². The number of benzene rings is 2. The van der Waals surface area contributed by atoms with E-state index in [9.17, 15) is 9.59 Å². The summed E-state index contributed by atoms with van der Waals surface area (Å²) in [6.07, 6.45) is 0. The molecule has 0 aliphatic rings. The van der Waals surface area contributed by atoms with Gasteiger partial charge in [-0.05, 0) is 55.3 Å². The van der Waals surface area contributed by atoms with Crippen molar-refractivity contribution in [2.45, 2.75) is 13.8 Å². The summed E-state index contributed by atoms with van der Waals surface area (Å²) in [5.41, 5.74) is 2.43. The summed E-state index contributed by atoms with van der Waals surface area (Å²) in [5.74, 6) is -0.180. The number of aryl methyl sites for hydroxylation is 1. The molecule has 2 aromatic rings. The molecule has 0 radical (unpaired) electrons. The minimum atomic E-state index is -0.448. The van der Waals surface area contributed by atoms with E-state index in [-0.39, 0.29) is 12.5 Å². The summed E-state index contributed by atoms with van der Waals surface area (Å²) in [6.45, 7) is 3.44. The topological polar surface area (TPSA) is 64.6 Å². The van der Waals surface area contributed by atoms with Crippen LogP contribution in [0.5, 0.6) is 5.75 Å². The summed E-state index contributed by atoms with van der Waals surface area (Å²) < 4.78 is 10.2. The Labute approximate surface area is 145 Å². The van der Waals surface area contributed by atoms with Gasteiger partial charge in [-0.15, -0.1) is 0 Å². The Bertz CT molecular complexity index is 774. The largest absolute Gasteiger partial charge is 0.483 e. The Morgan fingerprint density at radius 2 is 1.92 bits per heavy atom. The van der Waals surface area contributed by atoms with E-state index in [0.717, 1.165) is 5.56 Å². The smallest absolute Gasteiger partial charge is 0.338 e. The molecule has 0 spiro atoms. The molecule has 2 aromatic carbocycles. The Hall–Kier alpha value is -2.53. The lowest BCUT2D eigenvalue weighted by molar-refractivity contribution is -0.118. The summed E-state index contributed by atoms with van der Waals surface area (Å²) in [6, 6.07) is 10.2. The first-order valence-electron chi connectivity index (χ1n) is 7.29. The maximum absolute atomic E-state index is 12.1. The predicted molar refractivity (Wildman–Crippen MR) is 92.8 cm³/mol. The van der Waals surface area contributed by atoms with Gasteiger partial charge in [0.25, 0.3) is 5.91 Å². The van der Waals surface area contributed by atoms with Crippen LogP contribution in [0.15, 0.2) is 36.4 Å². The Balaban J connectivity index is 2.03. The fourth-order valence-electron chi connectivity index (χ4n) is 2.21. The first-order chi connectivity index (χ1) is 11.4. The number of hydrogen-bond acceptors (Lipinski definition) is 4. The number of esters is 1. The van der Waals surface area contributed by atoms with E-state index in [4.69, 9.17) is 21.1 Å². The van der Waals surface area contributed by atoms with Crippen LogP contribution in [0, 0.1) is 13.8 Å². The minimum Gasteiger partial charge on any atom is -0.483 e. The number of methoxy groups -OCH3 is 1. The molecule has 6 heteroatoms. The van der Waals surface area contributed by atoms with E-state index in [1.54, 1.807) is 43.3 Å². The molecular formula is C18H18ClNO4. The molecule has 0 saturated carbocycles. The molecule has 24 heavy (non-hydrogen) atoms. The maximum Gasteiger partial charge on any atom is 0.338 e. The number of halogens is 1. The van der Waals surface area contributed by atoms with E-state index in [1.165, 1.54) is 7.11 Å². The van der Waals surface area contributed by atoms with Crippen molar-refractivity contribution in [2.24, 2.45) is 0 Å². The van der Waals surface area contributed by atoms with Gasteiger partial charge in [0, 0.05) is 10.7 Å². The Kier molecular flexibility index (Phi) is 5.82. The van der Waals surface area contributed by atoms with Crippen molar-refractivity contribution in [3.63, 3.8) is 0 Å². The van der Waals surface area contributed by atoms with Crippen molar-refractivity contribution in [3.05, 3.63) is 58.1 Å². The highest BCUT2D eigenvalue weighted by Gasteiger charge is 2.13. The van der Waals surface area contributed by atoms with Gasteiger partial charge in [0.1, 0.15) is 5.75 Å². The van der Waals surface area contributed by atoms with Crippen LogP contribution in [-0.4, -0.2) is 25.6 Å². The van der Waals surface area contributed by atoms with Crippen molar-refractivity contribution in [3.8, 4) is 5.75 Å². The molecule has 0 fully saturated rings. The number of ether oxygens (including phenoxy) is 2. The number of hydrogen-bond donors (Lipinski definition) is 1. The first kappa shape index (κ1) is 17.8. The zero-order chi connectivity index (χ0) is 17.7. The SMILES string of the molecule is COC(=O)c1cccc(NC(=O)COc2ccc(Cl)cc2C)c1C. The van der Waals surface area contributed by atoms with Crippen molar-refractivity contribution in [1.29, 1.82) is 0 Å². The van der Waals surface area contributed by atoms with Crippen LogP contribution in [0.25, 0.3) is 0 Å². The number of rotatable bonds is 5. The maximum atomic E-state index is 12.1. The molecule has 2 rings (SSSR count). The average Bonchev–Trinajstić information content (AvgIpc) is 2.55. The van der Waals surface area contributed by atoms with Gasteiger partial charge < -0.3 is 14.8 Å². The van der Waals surface area contributed by atoms with Gasteiger partial charge in [0.2, 0.25) is 0 Å². The average molecular weight is 348 g/mol. The highest BCUT2D eigenvalue weighted by atomic mass is 35.5. The van der Waals surface area contributed by atoms with Gasteiger partial charge in [-0.3, -0.25) is 4.79 Å². The van der Waals surface area contributed by atoms with E-state index in [0.29, 0.717) is 27.6 Å². The normalized spacial score (nSPS) is 10.2. The Morgan fingerprint density at radius 1 is 1.17 bits per heavy atom. The van der Waals surface area contributed by atoms with Crippen LogP contribution in [0.2, 0.25) is 5.02 Å². The molecule has 0 aliphatic carbocycles.